The third-order valence-electron chi connectivity index (χ3n) is 3.53. The van der Waals surface area contributed by atoms with E-state index < -0.39 is 6.29 Å². The van der Waals surface area contributed by atoms with Crippen LogP contribution in [0.4, 0.5) is 0 Å². The summed E-state index contributed by atoms with van der Waals surface area (Å²) in [5.41, 5.74) is 3.05. The SMILES string of the molecule is OCc1ccc2c(c1)C(c1ccccc1)CC(O)O2. The summed E-state index contributed by atoms with van der Waals surface area (Å²) in [6.07, 6.45) is -0.246. The summed E-state index contributed by atoms with van der Waals surface area (Å²) in [4.78, 5) is 0. The molecule has 0 saturated carbocycles. The zero-order valence-corrected chi connectivity index (χ0v) is 10.5. The highest BCUT2D eigenvalue weighted by molar-refractivity contribution is 5.45. The van der Waals surface area contributed by atoms with Crippen molar-refractivity contribution in [3.63, 3.8) is 0 Å². The van der Waals surface area contributed by atoms with Crippen molar-refractivity contribution in [2.75, 3.05) is 0 Å². The van der Waals surface area contributed by atoms with Gasteiger partial charge in [0.2, 0.25) is 0 Å². The summed E-state index contributed by atoms with van der Waals surface area (Å²) in [6, 6.07) is 15.7. The van der Waals surface area contributed by atoms with Gasteiger partial charge in [0.05, 0.1) is 6.61 Å². The minimum absolute atomic E-state index is 0.0113. The van der Waals surface area contributed by atoms with Gasteiger partial charge in [-0.2, -0.15) is 0 Å². The molecular weight excluding hydrogens is 240 g/mol. The number of fused-ring (bicyclic) bond motifs is 1. The first-order chi connectivity index (χ1) is 9.28. The lowest BCUT2D eigenvalue weighted by Gasteiger charge is -2.30. The second kappa shape index (κ2) is 5.03. The lowest BCUT2D eigenvalue weighted by Crippen LogP contribution is -2.25. The van der Waals surface area contributed by atoms with Crippen LogP contribution in [0.3, 0.4) is 0 Å². The Kier molecular flexibility index (Phi) is 3.23. The molecule has 2 N–H and O–H groups in total. The molecular formula is C16H16O3. The molecule has 2 aromatic rings. The molecule has 3 nitrogen and oxygen atoms in total. The monoisotopic (exact) mass is 256 g/mol. The summed E-state index contributed by atoms with van der Waals surface area (Å²) in [7, 11) is 0. The van der Waals surface area contributed by atoms with Crippen LogP contribution in [0, 0.1) is 0 Å². The van der Waals surface area contributed by atoms with E-state index in [4.69, 9.17) is 4.74 Å². The lowest BCUT2D eigenvalue weighted by atomic mass is 9.85. The lowest BCUT2D eigenvalue weighted by molar-refractivity contribution is -0.0359. The first-order valence-corrected chi connectivity index (χ1v) is 6.41. The number of hydrogen-bond acceptors (Lipinski definition) is 3. The number of aliphatic hydroxyl groups excluding tert-OH is 2. The van der Waals surface area contributed by atoms with Crippen molar-refractivity contribution in [2.24, 2.45) is 0 Å². The average Bonchev–Trinajstić information content (AvgIpc) is 2.47. The fourth-order valence-corrected chi connectivity index (χ4v) is 2.60. The van der Waals surface area contributed by atoms with Gasteiger partial charge in [-0.25, -0.2) is 0 Å². The molecule has 0 saturated heterocycles. The zero-order chi connectivity index (χ0) is 13.2. The Morgan fingerprint density at radius 2 is 1.89 bits per heavy atom. The molecule has 1 heterocycles. The molecule has 2 atom stereocenters. The van der Waals surface area contributed by atoms with Crippen LogP contribution in [0.5, 0.6) is 5.75 Å². The number of aliphatic hydroxyl groups is 2. The van der Waals surface area contributed by atoms with Crippen LogP contribution in [-0.4, -0.2) is 16.5 Å². The standard InChI is InChI=1S/C16H16O3/c17-10-11-6-7-15-14(8-11)13(9-16(18)19-15)12-4-2-1-3-5-12/h1-8,13,16-18H,9-10H2. The second-order valence-electron chi connectivity index (χ2n) is 4.80. The Labute approximate surface area is 112 Å². The molecule has 0 amide bonds. The van der Waals surface area contributed by atoms with Crippen molar-refractivity contribution in [3.8, 4) is 5.75 Å². The number of hydrogen-bond donors (Lipinski definition) is 2. The average molecular weight is 256 g/mol. The van der Waals surface area contributed by atoms with Crippen LogP contribution in [-0.2, 0) is 6.61 Å². The predicted molar refractivity (Wildman–Crippen MR) is 71.9 cm³/mol. The summed E-state index contributed by atoms with van der Waals surface area (Å²) >= 11 is 0. The van der Waals surface area contributed by atoms with Crippen molar-refractivity contribution in [2.45, 2.75) is 25.2 Å². The number of rotatable bonds is 2. The van der Waals surface area contributed by atoms with Gasteiger partial charge in [0.1, 0.15) is 5.75 Å². The maximum absolute atomic E-state index is 9.84. The molecule has 19 heavy (non-hydrogen) atoms. The summed E-state index contributed by atoms with van der Waals surface area (Å²) in [5, 5.41) is 19.1. The highest BCUT2D eigenvalue weighted by atomic mass is 16.6. The van der Waals surface area contributed by atoms with Crippen molar-refractivity contribution >= 4 is 0 Å². The number of benzene rings is 2. The van der Waals surface area contributed by atoms with Crippen LogP contribution < -0.4 is 4.74 Å². The van der Waals surface area contributed by atoms with Gasteiger partial charge in [-0.1, -0.05) is 36.4 Å². The van der Waals surface area contributed by atoms with Crippen LogP contribution in [0.15, 0.2) is 48.5 Å². The number of ether oxygens (including phenoxy) is 1. The Balaban J connectivity index is 2.07. The van der Waals surface area contributed by atoms with Gasteiger partial charge in [-0.05, 0) is 23.3 Å². The maximum atomic E-state index is 9.84. The molecule has 1 aliphatic heterocycles. The van der Waals surface area contributed by atoms with Gasteiger partial charge in [0.15, 0.2) is 6.29 Å². The van der Waals surface area contributed by atoms with Crippen molar-refractivity contribution < 1.29 is 14.9 Å². The molecule has 3 rings (SSSR count). The fourth-order valence-electron chi connectivity index (χ4n) is 2.60. The third-order valence-corrected chi connectivity index (χ3v) is 3.53. The normalized spacial score (nSPS) is 21.6. The fraction of sp³-hybridized carbons (Fsp3) is 0.250. The van der Waals surface area contributed by atoms with E-state index in [1.165, 1.54) is 0 Å². The molecule has 98 valence electrons. The van der Waals surface area contributed by atoms with E-state index in [0.717, 1.165) is 16.7 Å². The van der Waals surface area contributed by atoms with Gasteiger partial charge in [0, 0.05) is 17.9 Å². The first kappa shape index (κ1) is 12.2. The van der Waals surface area contributed by atoms with E-state index >= 15 is 0 Å². The molecule has 0 bridgehead atoms. The summed E-state index contributed by atoms with van der Waals surface area (Å²) < 4.78 is 5.46. The van der Waals surface area contributed by atoms with Crippen LogP contribution in [0.1, 0.15) is 29.0 Å². The van der Waals surface area contributed by atoms with E-state index in [9.17, 15) is 10.2 Å². The quantitative estimate of drug-likeness (QED) is 0.867. The molecule has 0 radical (unpaired) electrons. The third kappa shape index (κ3) is 2.35. The van der Waals surface area contributed by atoms with Crippen LogP contribution in [0.25, 0.3) is 0 Å². The molecule has 0 spiro atoms. The van der Waals surface area contributed by atoms with Crippen molar-refractivity contribution in [1.29, 1.82) is 0 Å². The van der Waals surface area contributed by atoms with E-state index in [-0.39, 0.29) is 12.5 Å². The zero-order valence-electron chi connectivity index (χ0n) is 10.5. The smallest absolute Gasteiger partial charge is 0.198 e. The highest BCUT2D eigenvalue weighted by Crippen LogP contribution is 2.40. The molecule has 0 fully saturated rings. The molecule has 3 heteroatoms. The molecule has 1 aliphatic rings. The van der Waals surface area contributed by atoms with Gasteiger partial charge in [0.25, 0.3) is 0 Å². The Bertz CT molecular complexity index is 565. The summed E-state index contributed by atoms with van der Waals surface area (Å²) in [5.74, 6) is 0.802. The van der Waals surface area contributed by atoms with Crippen LogP contribution >= 0.6 is 0 Å². The van der Waals surface area contributed by atoms with Gasteiger partial charge in [-0.3, -0.25) is 0 Å². The van der Waals surface area contributed by atoms with Crippen LogP contribution in [0.2, 0.25) is 0 Å². The minimum Gasteiger partial charge on any atom is -0.465 e. The van der Waals surface area contributed by atoms with Crippen molar-refractivity contribution in [3.05, 3.63) is 65.2 Å². The first-order valence-electron chi connectivity index (χ1n) is 6.41. The van der Waals surface area contributed by atoms with Crippen molar-refractivity contribution in [1.82, 2.24) is 0 Å². The second-order valence-corrected chi connectivity index (χ2v) is 4.80. The van der Waals surface area contributed by atoms with Gasteiger partial charge >= 0.3 is 0 Å². The maximum Gasteiger partial charge on any atom is 0.198 e. The molecule has 2 aromatic carbocycles. The molecule has 2 unspecified atom stereocenters. The Hall–Kier alpha value is -1.84. The van der Waals surface area contributed by atoms with Gasteiger partial charge < -0.3 is 14.9 Å². The van der Waals surface area contributed by atoms with E-state index in [2.05, 4.69) is 12.1 Å². The van der Waals surface area contributed by atoms with E-state index in [1.807, 2.05) is 36.4 Å². The Morgan fingerprint density at radius 1 is 1.11 bits per heavy atom. The molecule has 0 aliphatic carbocycles. The van der Waals surface area contributed by atoms with E-state index in [1.54, 1.807) is 0 Å². The largest absolute Gasteiger partial charge is 0.465 e. The van der Waals surface area contributed by atoms with E-state index in [0.29, 0.717) is 12.2 Å². The minimum atomic E-state index is -0.780. The summed E-state index contributed by atoms with van der Waals surface area (Å²) in [6.45, 7) is 0.0113. The Morgan fingerprint density at radius 3 is 2.63 bits per heavy atom. The topological polar surface area (TPSA) is 49.7 Å². The van der Waals surface area contributed by atoms with Gasteiger partial charge in [-0.15, -0.1) is 0 Å². The molecule has 0 aromatic heterocycles. The predicted octanol–water partition coefficient (Wildman–Crippen LogP) is 2.41. The highest BCUT2D eigenvalue weighted by Gasteiger charge is 2.28.